The van der Waals surface area contributed by atoms with Crippen molar-refractivity contribution in [2.75, 3.05) is 13.2 Å². The van der Waals surface area contributed by atoms with Crippen LogP contribution in [0.25, 0.3) is 0 Å². The number of ketones is 1. The summed E-state index contributed by atoms with van der Waals surface area (Å²) in [6.45, 7) is 17.0. The van der Waals surface area contributed by atoms with Gasteiger partial charge in [0.15, 0.2) is 18.4 Å². The minimum absolute atomic E-state index is 0.0435. The maximum Gasteiger partial charge on any atom is 0.187 e. The predicted molar refractivity (Wildman–Crippen MR) is 203 cm³/mol. The second kappa shape index (κ2) is 16.0. The minimum Gasteiger partial charge on any atom is -0.394 e. The zero-order chi connectivity index (χ0) is 42.4. The minimum atomic E-state index is -1.77. The van der Waals surface area contributed by atoms with Crippen LogP contribution in [0.1, 0.15) is 99.8 Å². The van der Waals surface area contributed by atoms with Gasteiger partial charge >= 0.3 is 0 Å². The fourth-order valence-corrected chi connectivity index (χ4v) is 13.3. The first-order valence-electron chi connectivity index (χ1n) is 20.9. The monoisotopic (exact) mass is 814 g/mol. The number of allylic oxidation sites excluding steroid dienone is 1. The van der Waals surface area contributed by atoms with E-state index in [0.717, 1.165) is 19.3 Å². The second-order valence-electron chi connectivity index (χ2n) is 20.2. The number of hydrogen-bond acceptors (Lipinski definition) is 15. The highest BCUT2D eigenvalue weighted by molar-refractivity contribution is 5.94. The van der Waals surface area contributed by atoms with Gasteiger partial charge < -0.3 is 70.0 Å². The van der Waals surface area contributed by atoms with E-state index in [9.17, 15) is 55.9 Å². The van der Waals surface area contributed by atoms with E-state index >= 15 is 0 Å². The Morgan fingerprint density at radius 2 is 1.35 bits per heavy atom. The fraction of sp³-hybridized carbons (Fsp3) is 0.929. The molecule has 15 heteroatoms. The van der Waals surface area contributed by atoms with E-state index < -0.39 is 109 Å². The van der Waals surface area contributed by atoms with Crippen LogP contribution in [0.15, 0.2) is 12.2 Å². The summed E-state index contributed by atoms with van der Waals surface area (Å²) in [6, 6.07) is 0. The molecule has 4 aliphatic carbocycles. The average molecular weight is 815 g/mol. The Morgan fingerprint density at radius 1 is 0.772 bits per heavy atom. The molecule has 6 fully saturated rings. The predicted octanol–water partition coefficient (Wildman–Crippen LogP) is 0.299. The van der Waals surface area contributed by atoms with Crippen molar-refractivity contribution in [2.45, 2.75) is 185 Å². The Hall–Kier alpha value is -1.15. The summed E-state index contributed by atoms with van der Waals surface area (Å²) in [7, 11) is 0. The number of aliphatic hydroxyl groups excluding tert-OH is 10. The van der Waals surface area contributed by atoms with E-state index in [1.165, 1.54) is 0 Å². The summed E-state index contributed by atoms with van der Waals surface area (Å²) >= 11 is 0. The van der Waals surface area contributed by atoms with Crippen molar-refractivity contribution in [1.82, 2.24) is 0 Å². The van der Waals surface area contributed by atoms with Gasteiger partial charge in [-0.3, -0.25) is 4.79 Å². The van der Waals surface area contributed by atoms with Crippen LogP contribution in [0, 0.1) is 45.3 Å². The third kappa shape index (κ3) is 7.30. The molecule has 57 heavy (non-hydrogen) atoms. The molecule has 2 saturated heterocycles. The van der Waals surface area contributed by atoms with Crippen molar-refractivity contribution in [3.05, 3.63) is 12.2 Å². The molecular weight excluding hydrogens is 744 g/mol. The van der Waals surface area contributed by atoms with Gasteiger partial charge in [0.25, 0.3) is 0 Å². The van der Waals surface area contributed by atoms with Gasteiger partial charge in [-0.05, 0) is 110 Å². The van der Waals surface area contributed by atoms with Crippen molar-refractivity contribution in [3.8, 4) is 0 Å². The fourth-order valence-electron chi connectivity index (χ4n) is 13.3. The molecule has 15 nitrogen and oxygen atoms in total. The summed E-state index contributed by atoms with van der Waals surface area (Å²) in [5.74, 6) is -0.658. The molecule has 6 aliphatic rings. The lowest BCUT2D eigenvalue weighted by molar-refractivity contribution is -0.350. The van der Waals surface area contributed by atoms with Crippen LogP contribution in [0.4, 0.5) is 0 Å². The number of Topliss-reactive ketones (excluding diaryl/α,β-unsaturated/α-hetero) is 1. The summed E-state index contributed by atoms with van der Waals surface area (Å²) in [5.41, 5.74) is -2.40. The van der Waals surface area contributed by atoms with E-state index in [2.05, 4.69) is 27.4 Å². The molecule has 21 atom stereocenters. The van der Waals surface area contributed by atoms with Gasteiger partial charge in [-0.25, -0.2) is 0 Å². The summed E-state index contributed by atoms with van der Waals surface area (Å²) in [5, 5.41) is 109. The van der Waals surface area contributed by atoms with Gasteiger partial charge in [-0.1, -0.05) is 41.2 Å². The van der Waals surface area contributed by atoms with Gasteiger partial charge in [0, 0.05) is 6.42 Å². The molecule has 10 N–H and O–H groups in total. The van der Waals surface area contributed by atoms with Crippen molar-refractivity contribution >= 4 is 5.78 Å². The number of aliphatic hydroxyl groups is 10. The lowest BCUT2D eigenvalue weighted by atomic mass is 9.35. The highest BCUT2D eigenvalue weighted by Gasteiger charge is 2.72. The molecule has 6 rings (SSSR count). The van der Waals surface area contributed by atoms with Crippen LogP contribution in [-0.4, -0.2) is 155 Å². The topological polar surface area (TPSA) is 256 Å². The molecule has 4 saturated carbocycles. The molecule has 0 unspecified atom stereocenters. The summed E-state index contributed by atoms with van der Waals surface area (Å²) in [4.78, 5) is 13.1. The van der Waals surface area contributed by atoms with Crippen LogP contribution in [-0.2, 0) is 23.7 Å². The van der Waals surface area contributed by atoms with Crippen LogP contribution in [0.3, 0.4) is 0 Å². The number of carbonyl (C=O) groups excluding carboxylic acids is 1. The SMILES string of the molecule is C=C(C)C(=O)CC[C@](C)(O[C@@H]1O[C@H](CO[C@@H]2O[C@H](CO)[C@@H](O)[C@H](O)[C@H]2O)[C@@H](O)[C@H](O)[C@H]1O)[C@H]1CC[C@]2(C)[C@@H]1[C@H](O)C[C@@H]1[C@@]3(C)C[C@@H](O)[C@H](O)C(C)(C)[C@@H]3CC[C@]12C. The first-order valence-corrected chi connectivity index (χ1v) is 20.9. The highest BCUT2D eigenvalue weighted by Crippen LogP contribution is 2.76. The Kier molecular flexibility index (Phi) is 12.7. The van der Waals surface area contributed by atoms with Gasteiger partial charge in [0.05, 0.1) is 37.1 Å². The molecule has 328 valence electrons. The average Bonchev–Trinajstić information content (AvgIpc) is 3.53. The first-order chi connectivity index (χ1) is 26.4. The zero-order valence-electron chi connectivity index (χ0n) is 34.6. The molecule has 0 aromatic rings. The number of carbonyl (C=O) groups is 1. The Labute approximate surface area is 336 Å². The van der Waals surface area contributed by atoms with Crippen LogP contribution in [0.2, 0.25) is 0 Å². The largest absolute Gasteiger partial charge is 0.394 e. The molecule has 0 amide bonds. The third-order valence-corrected chi connectivity index (χ3v) is 16.8. The summed E-state index contributed by atoms with van der Waals surface area (Å²) in [6.07, 6.45) is -14.2. The highest BCUT2D eigenvalue weighted by atomic mass is 16.7. The van der Waals surface area contributed by atoms with E-state index in [4.69, 9.17) is 18.9 Å². The maximum absolute atomic E-state index is 13.1. The Balaban J connectivity index is 1.27. The quantitative estimate of drug-likeness (QED) is 0.126. The van der Waals surface area contributed by atoms with Crippen molar-refractivity contribution in [3.63, 3.8) is 0 Å². The van der Waals surface area contributed by atoms with E-state index in [1.54, 1.807) is 6.92 Å². The van der Waals surface area contributed by atoms with Gasteiger partial charge in [0.2, 0.25) is 0 Å². The van der Waals surface area contributed by atoms with E-state index in [-0.39, 0.29) is 53.1 Å². The normalized spacial score (nSPS) is 51.9. The third-order valence-electron chi connectivity index (χ3n) is 16.8. The molecule has 2 aliphatic heterocycles. The number of rotatable bonds is 11. The molecule has 0 aromatic carbocycles. The lowest BCUT2D eigenvalue weighted by Crippen LogP contribution is -2.68. The lowest BCUT2D eigenvalue weighted by Gasteiger charge is -2.71. The van der Waals surface area contributed by atoms with E-state index in [1.807, 2.05) is 20.8 Å². The number of hydrogen-bond donors (Lipinski definition) is 10. The number of ether oxygens (including phenoxy) is 4. The molecular formula is C42H70O15. The molecule has 0 radical (unpaired) electrons. The van der Waals surface area contributed by atoms with Crippen molar-refractivity contribution < 1.29 is 74.8 Å². The Morgan fingerprint density at radius 3 is 1.96 bits per heavy atom. The van der Waals surface area contributed by atoms with Gasteiger partial charge in [0.1, 0.15) is 48.8 Å². The Bertz CT molecular complexity index is 1480. The van der Waals surface area contributed by atoms with Crippen LogP contribution < -0.4 is 0 Å². The molecule has 0 spiro atoms. The molecule has 0 aromatic heterocycles. The zero-order valence-corrected chi connectivity index (χ0v) is 34.6. The van der Waals surface area contributed by atoms with Crippen LogP contribution >= 0.6 is 0 Å². The molecule has 0 bridgehead atoms. The van der Waals surface area contributed by atoms with Crippen molar-refractivity contribution in [2.24, 2.45) is 45.3 Å². The van der Waals surface area contributed by atoms with Gasteiger partial charge in [-0.2, -0.15) is 0 Å². The van der Waals surface area contributed by atoms with Crippen molar-refractivity contribution in [1.29, 1.82) is 0 Å². The molecule has 2 heterocycles. The van der Waals surface area contributed by atoms with E-state index in [0.29, 0.717) is 24.8 Å². The van der Waals surface area contributed by atoms with Crippen LogP contribution in [0.5, 0.6) is 0 Å². The smallest absolute Gasteiger partial charge is 0.187 e. The second-order valence-corrected chi connectivity index (χ2v) is 20.2. The maximum atomic E-state index is 13.1. The summed E-state index contributed by atoms with van der Waals surface area (Å²) < 4.78 is 23.9. The first kappa shape index (κ1) is 45.4. The number of fused-ring (bicyclic) bond motifs is 5. The standard InChI is InChI=1S/C42H70O15/c1-19(2)21(44)10-14-42(8,57-37-34(52)32(50)30(48)25(56-37)18-54-36-33(51)31(49)29(47)24(17-43)55-36)20-9-12-41(7)28(20)22(45)15-27-39(5)16-23(46)35(53)38(3,4)26(39)11-13-40(27,41)6/h20,22-37,43,45-53H,1,9-18H2,2-8H3/t20-,22+,23+,24+,25+,26-,27+,28-,29+,30+,31-,32-,33+,34+,35-,36+,37-,39-,40+,41+,42-/m0/s1. The van der Waals surface area contributed by atoms with Gasteiger partial charge in [-0.15, -0.1) is 0 Å².